The van der Waals surface area contributed by atoms with Gasteiger partial charge in [-0.1, -0.05) is 232 Å². The first-order chi connectivity index (χ1) is 28.0. The Morgan fingerprint density at radius 3 is 0.947 bits per heavy atom. The van der Waals surface area contributed by atoms with Crippen LogP contribution in [0.2, 0.25) is 0 Å². The summed E-state index contributed by atoms with van der Waals surface area (Å²) in [4.78, 5) is 37.8. The largest absolute Gasteiger partial charge is 0.462 e. The molecule has 0 saturated heterocycles. The monoisotopic (exact) mass is 805 g/mol. The van der Waals surface area contributed by atoms with Crippen LogP contribution in [0.5, 0.6) is 0 Å². The summed E-state index contributed by atoms with van der Waals surface area (Å²) in [7, 11) is 0. The van der Waals surface area contributed by atoms with E-state index in [1.807, 2.05) is 0 Å². The zero-order chi connectivity index (χ0) is 41.5. The molecule has 0 aromatic carbocycles. The van der Waals surface area contributed by atoms with Crippen LogP contribution in [0.15, 0.2) is 12.2 Å². The maximum Gasteiger partial charge on any atom is 0.306 e. The fraction of sp³-hybridized carbons (Fsp3) is 0.902. The van der Waals surface area contributed by atoms with Gasteiger partial charge < -0.3 is 14.2 Å². The van der Waals surface area contributed by atoms with Crippen LogP contribution in [0.1, 0.15) is 278 Å². The Bertz CT molecular complexity index is 885. The fourth-order valence-corrected chi connectivity index (χ4v) is 7.45. The van der Waals surface area contributed by atoms with Crippen LogP contribution in [0.3, 0.4) is 0 Å². The Balaban J connectivity index is 4.27. The zero-order valence-electron chi connectivity index (χ0n) is 38.4. The molecule has 1 atom stereocenters. The number of hydrogen-bond acceptors (Lipinski definition) is 6. The fourth-order valence-electron chi connectivity index (χ4n) is 7.45. The van der Waals surface area contributed by atoms with E-state index in [4.69, 9.17) is 14.2 Å². The van der Waals surface area contributed by atoms with Crippen LogP contribution in [0, 0.1) is 0 Å². The van der Waals surface area contributed by atoms with Crippen molar-refractivity contribution in [2.45, 2.75) is 284 Å². The topological polar surface area (TPSA) is 78.9 Å². The molecular formula is C51H96O6. The molecule has 1 unspecified atom stereocenters. The molecular weight excluding hydrogens is 709 g/mol. The summed E-state index contributed by atoms with van der Waals surface area (Å²) in [6.45, 7) is 6.61. The average molecular weight is 805 g/mol. The molecule has 57 heavy (non-hydrogen) atoms. The minimum atomic E-state index is -0.772. The number of hydrogen-bond donors (Lipinski definition) is 0. The second kappa shape index (κ2) is 46.8. The van der Waals surface area contributed by atoms with Gasteiger partial charge in [0, 0.05) is 19.3 Å². The van der Waals surface area contributed by atoms with Gasteiger partial charge in [0.2, 0.25) is 0 Å². The van der Waals surface area contributed by atoms with Crippen molar-refractivity contribution in [2.24, 2.45) is 0 Å². The summed E-state index contributed by atoms with van der Waals surface area (Å²) in [5.41, 5.74) is 0. The third-order valence-corrected chi connectivity index (χ3v) is 11.3. The zero-order valence-corrected chi connectivity index (χ0v) is 38.4. The molecule has 0 fully saturated rings. The Morgan fingerprint density at radius 1 is 0.333 bits per heavy atom. The Kier molecular flexibility index (Phi) is 45.3. The van der Waals surface area contributed by atoms with E-state index in [9.17, 15) is 14.4 Å². The quantitative estimate of drug-likeness (QED) is 0.0264. The molecule has 6 heteroatoms. The third-order valence-electron chi connectivity index (χ3n) is 11.3. The molecule has 0 aliphatic heterocycles. The maximum atomic E-state index is 12.7. The van der Waals surface area contributed by atoms with E-state index in [1.165, 1.54) is 180 Å². The van der Waals surface area contributed by atoms with E-state index in [1.54, 1.807) is 0 Å². The maximum absolute atomic E-state index is 12.7. The highest BCUT2D eigenvalue weighted by Gasteiger charge is 2.19. The molecule has 0 amide bonds. The molecule has 336 valence electrons. The van der Waals surface area contributed by atoms with Crippen LogP contribution in [-0.2, 0) is 28.6 Å². The molecule has 0 heterocycles. The van der Waals surface area contributed by atoms with E-state index in [0.29, 0.717) is 19.3 Å². The predicted molar refractivity (Wildman–Crippen MR) is 243 cm³/mol. The van der Waals surface area contributed by atoms with Gasteiger partial charge in [0.15, 0.2) is 6.10 Å². The molecule has 6 nitrogen and oxygen atoms in total. The SMILES string of the molecule is CCCCCC/C=C\CCCC(=O)OCC(COC(=O)CCCCCCCCCCCCCCCCCCC)OC(=O)CCCCCCCCCCCCCCC. The highest BCUT2D eigenvalue weighted by molar-refractivity contribution is 5.71. The van der Waals surface area contributed by atoms with E-state index >= 15 is 0 Å². The van der Waals surface area contributed by atoms with Crippen LogP contribution < -0.4 is 0 Å². The molecule has 0 spiro atoms. The first-order valence-corrected chi connectivity index (χ1v) is 25.2. The number of esters is 3. The smallest absolute Gasteiger partial charge is 0.306 e. The predicted octanol–water partition coefficient (Wildman–Crippen LogP) is 16.2. The number of carbonyl (C=O) groups excluding carboxylic acids is 3. The minimum absolute atomic E-state index is 0.0732. The van der Waals surface area contributed by atoms with E-state index < -0.39 is 6.10 Å². The first kappa shape index (κ1) is 55.2. The second-order valence-corrected chi connectivity index (χ2v) is 17.1. The molecule has 0 aliphatic carbocycles. The van der Waals surface area contributed by atoms with Gasteiger partial charge in [0.05, 0.1) is 0 Å². The van der Waals surface area contributed by atoms with Gasteiger partial charge in [-0.05, 0) is 38.5 Å². The summed E-state index contributed by atoms with van der Waals surface area (Å²) in [5.74, 6) is -0.896. The number of unbranched alkanes of at least 4 members (excludes halogenated alkanes) is 33. The van der Waals surface area contributed by atoms with Gasteiger partial charge in [0.1, 0.15) is 13.2 Å². The number of ether oxygens (including phenoxy) is 3. The summed E-state index contributed by atoms with van der Waals surface area (Å²) in [6.07, 6.45) is 50.6. The first-order valence-electron chi connectivity index (χ1n) is 25.2. The molecule has 0 radical (unpaired) electrons. The van der Waals surface area contributed by atoms with Crippen LogP contribution in [0.25, 0.3) is 0 Å². The number of allylic oxidation sites excluding steroid dienone is 2. The lowest BCUT2D eigenvalue weighted by atomic mass is 10.0. The Morgan fingerprint density at radius 2 is 0.596 bits per heavy atom. The Labute approximate surface area is 354 Å². The normalized spacial score (nSPS) is 12.0. The molecule has 0 rings (SSSR count). The second-order valence-electron chi connectivity index (χ2n) is 17.1. The Hall–Kier alpha value is -1.85. The average Bonchev–Trinajstić information content (AvgIpc) is 3.21. The summed E-state index contributed by atoms with van der Waals surface area (Å²) in [5, 5.41) is 0. The van der Waals surface area contributed by atoms with Crippen molar-refractivity contribution in [2.75, 3.05) is 13.2 Å². The van der Waals surface area contributed by atoms with Gasteiger partial charge in [-0.25, -0.2) is 0 Å². The van der Waals surface area contributed by atoms with Crippen molar-refractivity contribution < 1.29 is 28.6 Å². The van der Waals surface area contributed by atoms with E-state index in [0.717, 1.165) is 57.8 Å². The summed E-state index contributed by atoms with van der Waals surface area (Å²) in [6, 6.07) is 0. The van der Waals surface area contributed by atoms with Gasteiger partial charge in [-0.3, -0.25) is 14.4 Å². The van der Waals surface area contributed by atoms with Gasteiger partial charge in [-0.2, -0.15) is 0 Å². The lowest BCUT2D eigenvalue weighted by Crippen LogP contribution is -2.30. The van der Waals surface area contributed by atoms with Crippen LogP contribution >= 0.6 is 0 Å². The van der Waals surface area contributed by atoms with Crippen molar-refractivity contribution >= 4 is 17.9 Å². The lowest BCUT2D eigenvalue weighted by Gasteiger charge is -2.18. The van der Waals surface area contributed by atoms with Crippen molar-refractivity contribution in [3.05, 3.63) is 12.2 Å². The highest BCUT2D eigenvalue weighted by Crippen LogP contribution is 2.16. The molecule has 0 aliphatic rings. The molecule has 0 saturated carbocycles. The standard InChI is InChI=1S/C51H96O6/c1-4-7-10-13-16-19-21-23-24-25-26-28-29-32-35-38-41-44-50(53)56-47-48(46-55-49(52)43-40-37-34-31-18-15-12-9-6-3)57-51(54)45-42-39-36-33-30-27-22-20-17-14-11-8-5-2/h31,34,48H,4-30,32-33,35-47H2,1-3H3/b34-31-. The molecule has 0 bridgehead atoms. The molecule has 0 aromatic heterocycles. The third kappa shape index (κ3) is 45.1. The highest BCUT2D eigenvalue weighted by atomic mass is 16.6. The van der Waals surface area contributed by atoms with Crippen molar-refractivity contribution in [1.29, 1.82) is 0 Å². The van der Waals surface area contributed by atoms with E-state index in [2.05, 4.69) is 32.9 Å². The minimum Gasteiger partial charge on any atom is -0.462 e. The summed E-state index contributed by atoms with van der Waals surface area (Å²) >= 11 is 0. The van der Waals surface area contributed by atoms with Gasteiger partial charge in [-0.15, -0.1) is 0 Å². The van der Waals surface area contributed by atoms with Crippen LogP contribution in [-0.4, -0.2) is 37.2 Å². The number of carbonyl (C=O) groups is 3. The van der Waals surface area contributed by atoms with Crippen molar-refractivity contribution in [1.82, 2.24) is 0 Å². The van der Waals surface area contributed by atoms with Gasteiger partial charge >= 0.3 is 17.9 Å². The summed E-state index contributed by atoms with van der Waals surface area (Å²) < 4.78 is 16.7. The molecule has 0 N–H and O–H groups in total. The van der Waals surface area contributed by atoms with E-state index in [-0.39, 0.29) is 31.1 Å². The lowest BCUT2D eigenvalue weighted by molar-refractivity contribution is -0.167. The molecule has 0 aromatic rings. The number of rotatable bonds is 46. The van der Waals surface area contributed by atoms with Gasteiger partial charge in [0.25, 0.3) is 0 Å². The van der Waals surface area contributed by atoms with Crippen LogP contribution in [0.4, 0.5) is 0 Å². The van der Waals surface area contributed by atoms with Crippen molar-refractivity contribution in [3.8, 4) is 0 Å². The van der Waals surface area contributed by atoms with Crippen molar-refractivity contribution in [3.63, 3.8) is 0 Å².